The maximum atomic E-state index is 10.0. The fourth-order valence-corrected chi connectivity index (χ4v) is 5.84. The molecule has 0 aliphatic rings. The number of fused-ring (bicyclic) bond motifs is 3. The van der Waals surface area contributed by atoms with E-state index in [0.717, 1.165) is 55.3 Å². The van der Waals surface area contributed by atoms with Crippen molar-refractivity contribution in [3.05, 3.63) is 151 Å². The Morgan fingerprint density at radius 3 is 1.68 bits per heavy atom. The van der Waals surface area contributed by atoms with Gasteiger partial charge in [0.25, 0.3) is 0 Å². The van der Waals surface area contributed by atoms with Gasteiger partial charge in [-0.3, -0.25) is 0 Å². The Kier molecular flexibility index (Phi) is 5.90. The highest BCUT2D eigenvalue weighted by atomic mass is 15.0. The predicted octanol–water partition coefficient (Wildman–Crippen LogP) is 9.53. The zero-order valence-corrected chi connectivity index (χ0v) is 22.1. The van der Waals surface area contributed by atoms with Gasteiger partial charge in [-0.05, 0) is 70.8 Å². The van der Waals surface area contributed by atoms with E-state index in [1.54, 1.807) is 18.2 Å². The van der Waals surface area contributed by atoms with Gasteiger partial charge in [-0.1, -0.05) is 91.0 Å². The molecular formula is C38H23N3. The Labute approximate surface area is 238 Å². The lowest BCUT2D eigenvalue weighted by Crippen LogP contribution is -1.96. The van der Waals surface area contributed by atoms with E-state index in [1.165, 1.54) is 0 Å². The molecule has 0 atom stereocenters. The molecular weight excluding hydrogens is 498 g/mol. The molecule has 0 fully saturated rings. The molecule has 1 heterocycles. The van der Waals surface area contributed by atoms with Gasteiger partial charge in [0.1, 0.15) is 0 Å². The lowest BCUT2D eigenvalue weighted by Gasteiger charge is -2.14. The van der Waals surface area contributed by atoms with Crippen molar-refractivity contribution < 1.29 is 0 Å². The van der Waals surface area contributed by atoms with Gasteiger partial charge >= 0.3 is 0 Å². The van der Waals surface area contributed by atoms with Crippen LogP contribution in [0.1, 0.15) is 11.1 Å². The van der Waals surface area contributed by atoms with Crippen molar-refractivity contribution in [1.29, 1.82) is 10.5 Å². The zero-order chi connectivity index (χ0) is 27.8. The molecule has 0 aliphatic carbocycles. The molecule has 1 aromatic heterocycles. The van der Waals surface area contributed by atoms with Gasteiger partial charge in [-0.15, -0.1) is 0 Å². The molecule has 190 valence electrons. The molecule has 3 heteroatoms. The van der Waals surface area contributed by atoms with E-state index in [9.17, 15) is 10.5 Å². The van der Waals surface area contributed by atoms with Crippen LogP contribution in [0.25, 0.3) is 60.9 Å². The quantitative estimate of drug-likeness (QED) is 0.232. The Bertz CT molecular complexity index is 2110. The lowest BCUT2D eigenvalue weighted by atomic mass is 9.90. The molecule has 0 saturated carbocycles. The number of hydrogen-bond acceptors (Lipinski definition) is 2. The Morgan fingerprint density at radius 2 is 1.05 bits per heavy atom. The summed E-state index contributed by atoms with van der Waals surface area (Å²) < 4.78 is 2.33. The number of rotatable bonds is 4. The van der Waals surface area contributed by atoms with Gasteiger partial charge in [-0.25, -0.2) is 0 Å². The molecule has 7 aromatic rings. The van der Waals surface area contributed by atoms with Crippen LogP contribution in [0, 0.1) is 22.7 Å². The van der Waals surface area contributed by atoms with Gasteiger partial charge in [0.05, 0.1) is 34.3 Å². The van der Waals surface area contributed by atoms with Crippen LogP contribution in [-0.4, -0.2) is 4.57 Å². The standard InChI is InChI=1S/C38H23N3/c39-24-29-15-10-16-30(25-40)37(29)31-22-33(27-13-6-2-7-14-27)38-35(23-31)34-21-28(26-11-4-1-5-12-26)19-20-36(34)41(38)32-17-8-3-9-18-32/h1-23H. The van der Waals surface area contributed by atoms with Gasteiger partial charge in [0, 0.05) is 27.6 Å². The molecule has 3 nitrogen and oxygen atoms in total. The third-order valence-corrected chi connectivity index (χ3v) is 7.66. The van der Waals surface area contributed by atoms with E-state index < -0.39 is 0 Å². The summed E-state index contributed by atoms with van der Waals surface area (Å²) in [6.45, 7) is 0. The minimum absolute atomic E-state index is 0.485. The first-order valence-electron chi connectivity index (χ1n) is 13.5. The molecule has 0 radical (unpaired) electrons. The minimum atomic E-state index is 0.485. The number of hydrogen-bond donors (Lipinski definition) is 0. The summed E-state index contributed by atoms with van der Waals surface area (Å²) in [5.41, 5.74) is 10.1. The van der Waals surface area contributed by atoms with Crippen molar-refractivity contribution in [2.75, 3.05) is 0 Å². The normalized spacial score (nSPS) is 10.9. The summed E-state index contributed by atoms with van der Waals surface area (Å²) in [4.78, 5) is 0. The van der Waals surface area contributed by atoms with Crippen LogP contribution in [0.4, 0.5) is 0 Å². The fourth-order valence-electron chi connectivity index (χ4n) is 5.84. The van der Waals surface area contributed by atoms with E-state index in [0.29, 0.717) is 16.7 Å². The van der Waals surface area contributed by atoms with Crippen LogP contribution in [0.5, 0.6) is 0 Å². The summed E-state index contributed by atoms with van der Waals surface area (Å²) in [5, 5.41) is 22.2. The summed E-state index contributed by atoms with van der Waals surface area (Å²) in [6.07, 6.45) is 0. The second-order valence-electron chi connectivity index (χ2n) is 10.0. The smallest absolute Gasteiger partial charge is 0.0998 e. The second kappa shape index (κ2) is 10.0. The molecule has 0 aliphatic heterocycles. The fraction of sp³-hybridized carbons (Fsp3) is 0. The molecule has 0 N–H and O–H groups in total. The Balaban J connectivity index is 1.67. The summed E-state index contributed by atoms with van der Waals surface area (Å²) in [6, 6.07) is 52.0. The van der Waals surface area contributed by atoms with E-state index in [1.807, 2.05) is 30.3 Å². The first kappa shape index (κ1) is 24.2. The monoisotopic (exact) mass is 521 g/mol. The van der Waals surface area contributed by atoms with Crippen molar-refractivity contribution in [3.63, 3.8) is 0 Å². The van der Waals surface area contributed by atoms with Crippen molar-refractivity contribution in [2.24, 2.45) is 0 Å². The summed E-state index contributed by atoms with van der Waals surface area (Å²) in [5.74, 6) is 0. The maximum absolute atomic E-state index is 10.0. The third-order valence-electron chi connectivity index (χ3n) is 7.66. The number of nitriles is 2. The van der Waals surface area contributed by atoms with Crippen molar-refractivity contribution >= 4 is 21.8 Å². The van der Waals surface area contributed by atoms with Gasteiger partial charge in [-0.2, -0.15) is 10.5 Å². The largest absolute Gasteiger partial charge is 0.309 e. The topological polar surface area (TPSA) is 52.5 Å². The van der Waals surface area contributed by atoms with Crippen molar-refractivity contribution in [1.82, 2.24) is 4.57 Å². The predicted molar refractivity (Wildman–Crippen MR) is 167 cm³/mol. The van der Waals surface area contributed by atoms with Crippen molar-refractivity contribution in [2.45, 2.75) is 0 Å². The Morgan fingerprint density at radius 1 is 0.463 bits per heavy atom. The average Bonchev–Trinajstić information content (AvgIpc) is 3.38. The van der Waals surface area contributed by atoms with E-state index in [-0.39, 0.29) is 0 Å². The van der Waals surface area contributed by atoms with Crippen LogP contribution in [-0.2, 0) is 0 Å². The molecule has 0 saturated heterocycles. The molecule has 0 unspecified atom stereocenters. The number of aromatic nitrogens is 1. The molecule has 7 rings (SSSR count). The highest BCUT2D eigenvalue weighted by Crippen LogP contribution is 2.43. The highest BCUT2D eigenvalue weighted by molar-refractivity contribution is 6.16. The van der Waals surface area contributed by atoms with Crippen LogP contribution in [0.2, 0.25) is 0 Å². The van der Waals surface area contributed by atoms with Gasteiger partial charge in [0.15, 0.2) is 0 Å². The molecule has 0 spiro atoms. The highest BCUT2D eigenvalue weighted by Gasteiger charge is 2.21. The lowest BCUT2D eigenvalue weighted by molar-refractivity contribution is 1.18. The number of nitrogens with zero attached hydrogens (tertiary/aromatic N) is 3. The zero-order valence-electron chi connectivity index (χ0n) is 22.1. The average molecular weight is 522 g/mol. The van der Waals surface area contributed by atoms with Gasteiger partial charge in [0.2, 0.25) is 0 Å². The maximum Gasteiger partial charge on any atom is 0.0998 e. The van der Waals surface area contributed by atoms with Gasteiger partial charge < -0.3 is 4.57 Å². The first-order chi connectivity index (χ1) is 20.3. The molecule has 0 bridgehead atoms. The van der Waals surface area contributed by atoms with Crippen LogP contribution in [0.3, 0.4) is 0 Å². The SMILES string of the molecule is N#Cc1cccc(C#N)c1-c1cc(-c2ccccc2)c2c(c1)c1cc(-c3ccccc3)ccc1n2-c1ccccc1. The molecule has 6 aromatic carbocycles. The second-order valence-corrected chi connectivity index (χ2v) is 10.0. The van der Waals surface area contributed by atoms with Crippen LogP contribution < -0.4 is 0 Å². The van der Waals surface area contributed by atoms with E-state index >= 15 is 0 Å². The molecule has 0 amide bonds. The Hall–Kier alpha value is -5.90. The van der Waals surface area contributed by atoms with Crippen molar-refractivity contribution in [3.8, 4) is 51.2 Å². The first-order valence-corrected chi connectivity index (χ1v) is 13.5. The summed E-state index contributed by atoms with van der Waals surface area (Å²) >= 11 is 0. The third kappa shape index (κ3) is 4.05. The number of para-hydroxylation sites is 1. The minimum Gasteiger partial charge on any atom is -0.309 e. The summed E-state index contributed by atoms with van der Waals surface area (Å²) in [7, 11) is 0. The van der Waals surface area contributed by atoms with E-state index in [4.69, 9.17) is 0 Å². The van der Waals surface area contributed by atoms with Crippen LogP contribution >= 0.6 is 0 Å². The number of benzene rings is 6. The van der Waals surface area contributed by atoms with E-state index in [2.05, 4.69) is 108 Å². The molecule has 41 heavy (non-hydrogen) atoms. The van der Waals surface area contributed by atoms with Crippen LogP contribution in [0.15, 0.2) is 140 Å².